The molecule has 0 aliphatic rings. The maximum atomic E-state index is 2.27. The molecule has 0 nitrogen and oxygen atoms in total. The Morgan fingerprint density at radius 1 is 0.294 bits per heavy atom. The summed E-state index contributed by atoms with van der Waals surface area (Å²) < 4.78 is 0. The number of hydrogen-bond donors (Lipinski definition) is 0. The first kappa shape index (κ1) is 31.0. The molecule has 5 heteroatoms. The van der Waals surface area contributed by atoms with Gasteiger partial charge in [-0.25, -0.2) is 0 Å². The van der Waals surface area contributed by atoms with Crippen LogP contribution in [0, 0.1) is 0 Å². The molecule has 0 aromatic heterocycles. The molecule has 17 heavy (non-hydrogen) atoms. The molecule has 0 aromatic rings. The van der Waals surface area contributed by atoms with Gasteiger partial charge in [-0.3, -0.25) is 0 Å². The molecule has 0 saturated heterocycles. The second-order valence-electron chi connectivity index (χ2n) is 6.00. The predicted molar refractivity (Wildman–Crippen MR) is 93.4 cm³/mol. The molecule has 0 saturated carbocycles. The van der Waals surface area contributed by atoms with Crippen LogP contribution in [0.4, 0.5) is 0 Å². The maximum absolute atomic E-state index is 2.27. The molecule has 0 heterocycles. The first-order chi connectivity index (χ1) is 6.93. The van der Waals surface area contributed by atoms with Gasteiger partial charge in [0.2, 0.25) is 0 Å². The summed E-state index contributed by atoms with van der Waals surface area (Å²) in [7, 11) is 0.481. The van der Waals surface area contributed by atoms with E-state index in [0.717, 1.165) is 0 Å². The molecule has 0 aromatic carbocycles. The van der Waals surface area contributed by atoms with Crippen molar-refractivity contribution in [2.45, 2.75) is 78.6 Å². The van der Waals surface area contributed by atoms with Crippen LogP contribution >= 0.6 is 0 Å². The molecule has 0 atom stereocenters. The zero-order valence-electron chi connectivity index (χ0n) is 14.4. The summed E-state index contributed by atoms with van der Waals surface area (Å²) in [4.78, 5) is 0. The second-order valence-corrected chi connectivity index (χ2v) is 18.0. The van der Waals surface area contributed by atoms with Crippen LogP contribution in [0.5, 0.6) is 0 Å². The monoisotopic (exact) mass is 344 g/mol. The smallest absolute Gasteiger partial charge is 0.0379 e. The Labute approximate surface area is 131 Å². The topological polar surface area (TPSA) is 0 Å². The third-order valence-electron chi connectivity index (χ3n) is 0. The fraction of sp³-hybridized carbons (Fsp3) is 1.00. The molecule has 0 fully saturated rings. The van der Waals surface area contributed by atoms with Crippen molar-refractivity contribution in [3.05, 3.63) is 0 Å². The van der Waals surface area contributed by atoms with Gasteiger partial charge in [-0.05, 0) is 0 Å². The minimum absolute atomic E-state index is 0. The van der Waals surface area contributed by atoms with E-state index in [2.05, 4.69) is 78.6 Å². The second kappa shape index (κ2) is 26.1. The molecule has 0 spiro atoms. The quantitative estimate of drug-likeness (QED) is 0.510. The molecule has 0 N–H and O–H groups in total. The van der Waals surface area contributed by atoms with E-state index in [1.54, 1.807) is 0 Å². The van der Waals surface area contributed by atoms with Crippen LogP contribution in [0.15, 0.2) is 0 Å². The minimum atomic E-state index is 0. The van der Waals surface area contributed by atoms with Crippen molar-refractivity contribution in [2.75, 3.05) is 0 Å². The van der Waals surface area contributed by atoms with Gasteiger partial charge in [0.1, 0.15) is 0 Å². The Kier molecular flexibility index (Phi) is 47.6. The standard InChI is InChI=1S/4C3H9Si.Cr/c4*1-4(2)3;/h4*1-3H3;. The molecule has 0 amide bonds. The van der Waals surface area contributed by atoms with Gasteiger partial charge in [-0.15, -0.1) is 0 Å². The molecule has 0 rings (SSSR count). The van der Waals surface area contributed by atoms with E-state index in [9.17, 15) is 0 Å². The van der Waals surface area contributed by atoms with Gasteiger partial charge in [0.25, 0.3) is 0 Å². The van der Waals surface area contributed by atoms with Gasteiger partial charge in [-0.2, -0.15) is 0 Å². The average molecular weight is 345 g/mol. The normalized spacial score (nSPS) is 8.47. The Bertz CT molecular complexity index is 61.5. The van der Waals surface area contributed by atoms with E-state index in [1.165, 1.54) is 0 Å². The van der Waals surface area contributed by atoms with Crippen molar-refractivity contribution >= 4 is 35.2 Å². The van der Waals surface area contributed by atoms with Crippen LogP contribution in [-0.2, 0) is 17.4 Å². The van der Waals surface area contributed by atoms with Crippen molar-refractivity contribution in [3.8, 4) is 0 Å². The molecule has 0 aliphatic heterocycles. The molecule has 4 radical (unpaired) electrons. The van der Waals surface area contributed by atoms with Crippen LogP contribution in [0.1, 0.15) is 0 Å². The van der Waals surface area contributed by atoms with E-state index >= 15 is 0 Å². The van der Waals surface area contributed by atoms with E-state index in [1.807, 2.05) is 0 Å². The summed E-state index contributed by atoms with van der Waals surface area (Å²) in [6.07, 6.45) is 0. The van der Waals surface area contributed by atoms with Crippen molar-refractivity contribution in [3.63, 3.8) is 0 Å². The van der Waals surface area contributed by atoms with E-state index in [4.69, 9.17) is 0 Å². The van der Waals surface area contributed by atoms with Crippen LogP contribution in [0.3, 0.4) is 0 Å². The van der Waals surface area contributed by atoms with E-state index in [0.29, 0.717) is 0 Å². The Morgan fingerprint density at radius 2 is 0.294 bits per heavy atom. The average Bonchev–Trinajstić information content (AvgIpc) is 1.76. The Morgan fingerprint density at radius 3 is 0.294 bits per heavy atom. The summed E-state index contributed by atoms with van der Waals surface area (Å²) in [6, 6.07) is 0. The van der Waals surface area contributed by atoms with Crippen LogP contribution in [0.25, 0.3) is 0 Å². The molecular weight excluding hydrogens is 308 g/mol. The predicted octanol–water partition coefficient (Wildman–Crippen LogP) is 5.48. The minimum Gasteiger partial charge on any atom is -0.0715 e. The van der Waals surface area contributed by atoms with Gasteiger partial charge >= 0.3 is 0 Å². The van der Waals surface area contributed by atoms with E-state index in [-0.39, 0.29) is 52.5 Å². The summed E-state index contributed by atoms with van der Waals surface area (Å²) in [5, 5.41) is 0. The largest absolute Gasteiger partial charge is 0.0715 e. The van der Waals surface area contributed by atoms with Gasteiger partial charge in [-0.1, -0.05) is 78.6 Å². The third-order valence-corrected chi connectivity index (χ3v) is 0. The van der Waals surface area contributed by atoms with Crippen LogP contribution in [-0.4, -0.2) is 35.2 Å². The van der Waals surface area contributed by atoms with Crippen molar-refractivity contribution in [1.82, 2.24) is 0 Å². The SMILES string of the molecule is C[Si](C)C.C[Si](C)C.C[Si](C)C.C[Si](C)C.[Cr]. The molecule has 0 aliphatic carbocycles. The van der Waals surface area contributed by atoms with E-state index < -0.39 is 0 Å². The number of rotatable bonds is 0. The molecular formula is C12H36CrSi4. The zero-order valence-corrected chi connectivity index (χ0v) is 19.7. The molecule has 106 valence electrons. The van der Waals surface area contributed by atoms with Crippen molar-refractivity contribution in [1.29, 1.82) is 0 Å². The van der Waals surface area contributed by atoms with Crippen molar-refractivity contribution in [2.24, 2.45) is 0 Å². The van der Waals surface area contributed by atoms with Crippen LogP contribution < -0.4 is 0 Å². The summed E-state index contributed by atoms with van der Waals surface area (Å²) >= 11 is 0. The Balaban J connectivity index is -0.0000000369. The van der Waals surface area contributed by atoms with Crippen molar-refractivity contribution < 1.29 is 17.4 Å². The zero-order chi connectivity index (χ0) is 14.3. The summed E-state index contributed by atoms with van der Waals surface area (Å²) in [6.45, 7) is 27.2. The fourth-order valence-corrected chi connectivity index (χ4v) is 0. The fourth-order valence-electron chi connectivity index (χ4n) is 0. The number of hydrogen-bond acceptors (Lipinski definition) is 0. The first-order valence-corrected chi connectivity index (χ1v) is 18.0. The van der Waals surface area contributed by atoms with Gasteiger partial charge in [0.05, 0.1) is 0 Å². The van der Waals surface area contributed by atoms with Gasteiger partial charge in [0.15, 0.2) is 0 Å². The first-order valence-electron chi connectivity index (χ1n) is 6.00. The third kappa shape index (κ3) is 2110. The van der Waals surface area contributed by atoms with Gasteiger partial charge in [0, 0.05) is 52.5 Å². The maximum Gasteiger partial charge on any atom is 0.0379 e. The Hall–Kier alpha value is 1.40. The summed E-state index contributed by atoms with van der Waals surface area (Å²) in [5.41, 5.74) is 0. The molecule has 0 bridgehead atoms. The van der Waals surface area contributed by atoms with Crippen LogP contribution in [0.2, 0.25) is 78.6 Å². The summed E-state index contributed by atoms with van der Waals surface area (Å²) in [5.74, 6) is 0. The van der Waals surface area contributed by atoms with Gasteiger partial charge < -0.3 is 0 Å². The molecule has 0 unspecified atom stereocenters.